The van der Waals surface area contributed by atoms with Crippen LogP contribution >= 0.6 is 0 Å². The average molecular weight is 389 g/mol. The van der Waals surface area contributed by atoms with E-state index in [-0.39, 0.29) is 0 Å². The first kappa shape index (κ1) is 18.2. The molecule has 1 aliphatic carbocycles. The van der Waals surface area contributed by atoms with Crippen LogP contribution in [-0.2, 0) is 6.42 Å². The van der Waals surface area contributed by atoms with Gasteiger partial charge in [0.2, 0.25) is 0 Å². The number of hydrogen-bond acceptors (Lipinski definition) is 5. The molecule has 6 nitrogen and oxygen atoms in total. The van der Waals surface area contributed by atoms with E-state index in [9.17, 15) is 0 Å². The molecule has 2 aliphatic rings. The number of nitrogens with two attached hydrogens (primary N) is 1. The highest BCUT2D eigenvalue weighted by Gasteiger charge is 2.21. The molecule has 3 aromatic heterocycles. The monoisotopic (exact) mass is 388 g/mol. The Balaban J connectivity index is 1.29. The minimum atomic E-state index is 0.576. The van der Waals surface area contributed by atoms with Crippen molar-refractivity contribution < 1.29 is 0 Å². The van der Waals surface area contributed by atoms with Gasteiger partial charge in [-0.25, -0.2) is 9.97 Å². The van der Waals surface area contributed by atoms with Crippen LogP contribution in [0.1, 0.15) is 24.1 Å². The van der Waals surface area contributed by atoms with Crippen LogP contribution in [0.3, 0.4) is 0 Å². The number of nitrogens with zero attached hydrogens (tertiary/aromatic N) is 5. The molecule has 0 radical (unpaired) electrons. The SMILES string of the molecule is NCCC1C=Cc2ccc(N3CCN(c4cccc5nccn45)CC3)nc2CC1. The summed E-state index contributed by atoms with van der Waals surface area (Å²) in [6.07, 6.45) is 11.7. The Labute approximate surface area is 171 Å². The van der Waals surface area contributed by atoms with Crippen molar-refractivity contribution in [3.8, 4) is 0 Å². The standard InChI is InChI=1S/C23H28N6/c24-11-10-18-4-6-19-7-9-22(26-20(19)8-5-18)27-14-16-28(17-15-27)23-3-1-2-21-25-12-13-29(21)23/h1-4,6-7,9,12-13,18H,5,8,10-11,14-17,24H2. The van der Waals surface area contributed by atoms with Crippen molar-refractivity contribution in [3.63, 3.8) is 0 Å². The molecule has 0 saturated carbocycles. The van der Waals surface area contributed by atoms with E-state index in [0.29, 0.717) is 5.92 Å². The minimum absolute atomic E-state index is 0.576. The smallest absolute Gasteiger partial charge is 0.138 e. The fourth-order valence-electron chi connectivity index (χ4n) is 4.50. The number of hydrogen-bond donors (Lipinski definition) is 1. The Kier molecular flexibility index (Phi) is 4.94. The van der Waals surface area contributed by atoms with Gasteiger partial charge in [0.1, 0.15) is 17.3 Å². The quantitative estimate of drug-likeness (QED) is 0.744. The number of pyridine rings is 2. The van der Waals surface area contributed by atoms with Crippen molar-refractivity contribution in [2.45, 2.75) is 19.3 Å². The molecule has 3 aromatic rings. The lowest BCUT2D eigenvalue weighted by atomic mass is 10.00. The minimum Gasteiger partial charge on any atom is -0.354 e. The van der Waals surface area contributed by atoms with Crippen molar-refractivity contribution in [2.24, 2.45) is 11.7 Å². The number of aromatic nitrogens is 3. The van der Waals surface area contributed by atoms with Crippen LogP contribution in [0.15, 0.2) is 48.8 Å². The normalized spacial score (nSPS) is 19.4. The van der Waals surface area contributed by atoms with Gasteiger partial charge in [0.05, 0.1) is 5.69 Å². The van der Waals surface area contributed by atoms with E-state index in [1.54, 1.807) is 0 Å². The molecule has 1 unspecified atom stereocenters. The van der Waals surface area contributed by atoms with E-state index in [0.717, 1.165) is 63.5 Å². The third-order valence-corrected chi connectivity index (χ3v) is 6.17. The van der Waals surface area contributed by atoms with Crippen LogP contribution in [0.2, 0.25) is 0 Å². The molecule has 1 aliphatic heterocycles. The maximum Gasteiger partial charge on any atom is 0.138 e. The van der Waals surface area contributed by atoms with Crippen LogP contribution in [0.5, 0.6) is 0 Å². The Bertz CT molecular complexity index is 1020. The molecule has 1 fully saturated rings. The molecule has 1 saturated heterocycles. The number of anilines is 2. The van der Waals surface area contributed by atoms with Crippen LogP contribution < -0.4 is 15.5 Å². The zero-order chi connectivity index (χ0) is 19.6. The number of imidazole rings is 1. The Morgan fingerprint density at radius 1 is 1.03 bits per heavy atom. The number of allylic oxidation sites excluding steroid dienone is 1. The molecule has 150 valence electrons. The number of aryl methyl sites for hydroxylation is 1. The number of rotatable bonds is 4. The van der Waals surface area contributed by atoms with E-state index in [4.69, 9.17) is 10.7 Å². The van der Waals surface area contributed by atoms with Gasteiger partial charge in [0.15, 0.2) is 0 Å². The molecular formula is C23H28N6. The predicted molar refractivity (Wildman–Crippen MR) is 118 cm³/mol. The number of fused-ring (bicyclic) bond motifs is 2. The molecule has 4 heterocycles. The fourth-order valence-corrected chi connectivity index (χ4v) is 4.50. The van der Waals surface area contributed by atoms with Crippen molar-refractivity contribution >= 4 is 23.4 Å². The molecule has 0 aromatic carbocycles. The largest absolute Gasteiger partial charge is 0.354 e. The van der Waals surface area contributed by atoms with Crippen LogP contribution in [0.4, 0.5) is 11.6 Å². The van der Waals surface area contributed by atoms with E-state index in [2.05, 4.69) is 55.6 Å². The highest BCUT2D eigenvalue weighted by atomic mass is 15.3. The van der Waals surface area contributed by atoms with Gasteiger partial charge >= 0.3 is 0 Å². The van der Waals surface area contributed by atoms with Gasteiger partial charge < -0.3 is 15.5 Å². The highest BCUT2D eigenvalue weighted by Crippen LogP contribution is 2.26. The summed E-state index contributed by atoms with van der Waals surface area (Å²) >= 11 is 0. The second-order valence-corrected chi connectivity index (χ2v) is 7.95. The van der Waals surface area contributed by atoms with Gasteiger partial charge in [-0.15, -0.1) is 0 Å². The number of piperazine rings is 1. The summed E-state index contributed by atoms with van der Waals surface area (Å²) in [7, 11) is 0. The molecule has 29 heavy (non-hydrogen) atoms. The van der Waals surface area contributed by atoms with E-state index >= 15 is 0 Å². The van der Waals surface area contributed by atoms with Crippen LogP contribution in [0.25, 0.3) is 11.7 Å². The fraction of sp³-hybridized carbons (Fsp3) is 0.391. The lowest BCUT2D eigenvalue weighted by molar-refractivity contribution is 0.553. The van der Waals surface area contributed by atoms with Crippen LogP contribution in [0, 0.1) is 5.92 Å². The third-order valence-electron chi connectivity index (χ3n) is 6.17. The summed E-state index contributed by atoms with van der Waals surface area (Å²) in [6, 6.07) is 10.7. The second kappa shape index (κ2) is 7.87. The lowest BCUT2D eigenvalue weighted by Crippen LogP contribution is -2.47. The summed E-state index contributed by atoms with van der Waals surface area (Å²) in [5.74, 6) is 2.90. The molecule has 1 atom stereocenters. The Hall–Kier alpha value is -2.86. The Morgan fingerprint density at radius 2 is 1.90 bits per heavy atom. The first-order chi connectivity index (χ1) is 14.3. The Morgan fingerprint density at radius 3 is 2.76 bits per heavy atom. The summed E-state index contributed by atoms with van der Waals surface area (Å²) in [5, 5.41) is 0. The maximum atomic E-state index is 5.75. The average Bonchev–Trinajstić information content (AvgIpc) is 3.16. The molecule has 5 rings (SSSR count). The maximum absolute atomic E-state index is 5.75. The molecule has 0 bridgehead atoms. The zero-order valence-electron chi connectivity index (χ0n) is 16.7. The third kappa shape index (κ3) is 3.60. The summed E-state index contributed by atoms with van der Waals surface area (Å²) in [6.45, 7) is 4.66. The van der Waals surface area contributed by atoms with Crippen molar-refractivity contribution in [2.75, 3.05) is 42.5 Å². The van der Waals surface area contributed by atoms with Gasteiger partial charge in [-0.2, -0.15) is 0 Å². The van der Waals surface area contributed by atoms with E-state index in [1.807, 2.05) is 18.5 Å². The molecule has 6 heteroatoms. The van der Waals surface area contributed by atoms with Crippen molar-refractivity contribution in [1.29, 1.82) is 0 Å². The molecule has 0 spiro atoms. The topological polar surface area (TPSA) is 62.7 Å². The predicted octanol–water partition coefficient (Wildman–Crippen LogP) is 2.98. The van der Waals surface area contributed by atoms with Gasteiger partial charge in [0, 0.05) is 38.6 Å². The summed E-state index contributed by atoms with van der Waals surface area (Å²) < 4.78 is 2.17. The van der Waals surface area contributed by atoms with Crippen molar-refractivity contribution in [3.05, 3.63) is 60.1 Å². The van der Waals surface area contributed by atoms with Gasteiger partial charge in [-0.05, 0) is 61.6 Å². The van der Waals surface area contributed by atoms with E-state index in [1.165, 1.54) is 17.1 Å². The van der Waals surface area contributed by atoms with Gasteiger partial charge in [-0.3, -0.25) is 4.40 Å². The first-order valence-corrected chi connectivity index (χ1v) is 10.6. The molecule has 0 amide bonds. The second-order valence-electron chi connectivity index (χ2n) is 7.95. The molecular weight excluding hydrogens is 360 g/mol. The molecule has 2 N–H and O–H groups in total. The van der Waals surface area contributed by atoms with Gasteiger partial charge in [-0.1, -0.05) is 18.2 Å². The summed E-state index contributed by atoms with van der Waals surface area (Å²) in [4.78, 5) is 14.3. The van der Waals surface area contributed by atoms with Crippen LogP contribution in [-0.4, -0.2) is 47.1 Å². The van der Waals surface area contributed by atoms with Crippen molar-refractivity contribution in [1.82, 2.24) is 14.4 Å². The lowest BCUT2D eigenvalue weighted by Gasteiger charge is -2.37. The summed E-state index contributed by atoms with van der Waals surface area (Å²) in [5.41, 5.74) is 9.24. The highest BCUT2D eigenvalue weighted by molar-refractivity contribution is 5.57. The van der Waals surface area contributed by atoms with E-state index < -0.39 is 0 Å². The van der Waals surface area contributed by atoms with Gasteiger partial charge in [0.25, 0.3) is 0 Å². The zero-order valence-corrected chi connectivity index (χ0v) is 16.7. The first-order valence-electron chi connectivity index (χ1n) is 10.6.